The smallest absolute Gasteiger partial charge is 0.273 e. The SMILES string of the molecule is O=C1c2[nH]nc(-c3ccccc3)c2C(c2cccc([N+](=O)[O-])c2)N1C1CCCC1. The van der Waals surface area contributed by atoms with E-state index in [0.29, 0.717) is 5.69 Å². The molecule has 146 valence electrons. The Morgan fingerprint density at radius 1 is 1.07 bits per heavy atom. The van der Waals surface area contributed by atoms with Gasteiger partial charge in [-0.15, -0.1) is 0 Å². The summed E-state index contributed by atoms with van der Waals surface area (Å²) >= 11 is 0. The van der Waals surface area contributed by atoms with Crippen LogP contribution < -0.4 is 0 Å². The third-order valence-electron chi connectivity index (χ3n) is 5.97. The Morgan fingerprint density at radius 3 is 2.55 bits per heavy atom. The van der Waals surface area contributed by atoms with Crippen LogP contribution in [0.25, 0.3) is 11.3 Å². The van der Waals surface area contributed by atoms with Crippen LogP contribution in [-0.4, -0.2) is 32.0 Å². The zero-order chi connectivity index (χ0) is 20.0. The van der Waals surface area contributed by atoms with Crippen molar-refractivity contribution < 1.29 is 9.72 Å². The van der Waals surface area contributed by atoms with Gasteiger partial charge in [0, 0.05) is 29.3 Å². The average Bonchev–Trinajstić information content (AvgIpc) is 3.46. The molecular formula is C22H20N4O3. The van der Waals surface area contributed by atoms with Crippen molar-refractivity contribution in [2.24, 2.45) is 0 Å². The van der Waals surface area contributed by atoms with Crippen molar-refractivity contribution in [3.63, 3.8) is 0 Å². The molecule has 0 spiro atoms. The molecule has 3 aromatic rings. The van der Waals surface area contributed by atoms with Crippen LogP contribution in [0, 0.1) is 10.1 Å². The highest BCUT2D eigenvalue weighted by Crippen LogP contribution is 2.46. The number of H-pyrrole nitrogens is 1. The summed E-state index contributed by atoms with van der Waals surface area (Å²) in [6, 6.07) is 16.1. The van der Waals surface area contributed by atoms with Gasteiger partial charge in [-0.2, -0.15) is 5.10 Å². The summed E-state index contributed by atoms with van der Waals surface area (Å²) in [4.78, 5) is 26.2. The molecule has 2 aromatic carbocycles. The number of carbonyl (C=O) groups is 1. The zero-order valence-electron chi connectivity index (χ0n) is 15.7. The minimum atomic E-state index is -0.394. The number of hydrogen-bond acceptors (Lipinski definition) is 4. The molecule has 1 amide bonds. The highest BCUT2D eigenvalue weighted by Gasteiger charge is 2.45. The Morgan fingerprint density at radius 2 is 1.83 bits per heavy atom. The highest BCUT2D eigenvalue weighted by molar-refractivity contribution is 6.00. The lowest BCUT2D eigenvalue weighted by atomic mass is 9.95. The number of amides is 1. The summed E-state index contributed by atoms with van der Waals surface area (Å²) in [5, 5.41) is 18.8. The van der Waals surface area contributed by atoms with E-state index in [2.05, 4.69) is 10.2 Å². The molecule has 0 radical (unpaired) electrons. The van der Waals surface area contributed by atoms with Gasteiger partial charge in [-0.05, 0) is 18.4 Å². The first-order valence-electron chi connectivity index (χ1n) is 9.86. The molecule has 0 saturated heterocycles. The van der Waals surface area contributed by atoms with Gasteiger partial charge in [0.25, 0.3) is 11.6 Å². The second-order valence-corrected chi connectivity index (χ2v) is 7.63. The Hall–Kier alpha value is -3.48. The maximum Gasteiger partial charge on any atom is 0.273 e. The van der Waals surface area contributed by atoms with Crippen LogP contribution in [0.15, 0.2) is 54.6 Å². The maximum atomic E-state index is 13.4. The van der Waals surface area contributed by atoms with Gasteiger partial charge in [0.2, 0.25) is 0 Å². The fourth-order valence-corrected chi connectivity index (χ4v) is 4.68. The van der Waals surface area contributed by atoms with Crippen molar-refractivity contribution in [1.29, 1.82) is 0 Å². The summed E-state index contributed by atoms with van der Waals surface area (Å²) in [6.45, 7) is 0. The van der Waals surface area contributed by atoms with E-state index in [9.17, 15) is 14.9 Å². The number of non-ortho nitro benzene ring substituents is 1. The standard InChI is InChI=1S/C22H20N4O3/c27-22-20-18(19(23-24-20)14-7-2-1-3-8-14)21(25(22)16-10-4-5-11-16)15-9-6-12-17(13-15)26(28)29/h1-3,6-9,12-13,16,21H,4-5,10-11H2,(H,23,24). The molecule has 2 aliphatic rings. The minimum Gasteiger partial charge on any atom is -0.323 e. The van der Waals surface area contributed by atoms with Gasteiger partial charge < -0.3 is 4.90 Å². The summed E-state index contributed by atoms with van der Waals surface area (Å²) in [5.74, 6) is -0.0712. The first-order valence-corrected chi connectivity index (χ1v) is 9.86. The van der Waals surface area contributed by atoms with E-state index in [0.717, 1.165) is 48.1 Å². The number of nitro benzene ring substituents is 1. The number of benzene rings is 2. The Kier molecular flexibility index (Phi) is 4.16. The van der Waals surface area contributed by atoms with Crippen molar-refractivity contribution in [1.82, 2.24) is 15.1 Å². The highest BCUT2D eigenvalue weighted by atomic mass is 16.6. The van der Waals surface area contributed by atoms with Gasteiger partial charge in [-0.1, -0.05) is 55.3 Å². The van der Waals surface area contributed by atoms with Crippen molar-refractivity contribution in [2.45, 2.75) is 37.8 Å². The van der Waals surface area contributed by atoms with Crippen molar-refractivity contribution in [2.75, 3.05) is 0 Å². The van der Waals surface area contributed by atoms with E-state index in [1.54, 1.807) is 12.1 Å². The van der Waals surface area contributed by atoms with Gasteiger partial charge >= 0.3 is 0 Å². The monoisotopic (exact) mass is 388 g/mol. The van der Waals surface area contributed by atoms with E-state index >= 15 is 0 Å². The fraction of sp³-hybridized carbons (Fsp3) is 0.273. The number of fused-ring (bicyclic) bond motifs is 1. The van der Waals surface area contributed by atoms with E-state index in [4.69, 9.17) is 0 Å². The number of rotatable bonds is 4. The van der Waals surface area contributed by atoms with E-state index in [-0.39, 0.29) is 23.7 Å². The number of nitrogens with one attached hydrogen (secondary N) is 1. The van der Waals surface area contributed by atoms with Crippen LogP contribution in [0.4, 0.5) is 5.69 Å². The summed E-state index contributed by atoms with van der Waals surface area (Å²) in [6.07, 6.45) is 4.09. The molecule has 1 fully saturated rings. The fourth-order valence-electron chi connectivity index (χ4n) is 4.68. The first-order chi connectivity index (χ1) is 14.1. The summed E-state index contributed by atoms with van der Waals surface area (Å²) in [5.41, 5.74) is 3.73. The number of nitro groups is 1. The van der Waals surface area contributed by atoms with Crippen LogP contribution in [0.2, 0.25) is 0 Å². The second-order valence-electron chi connectivity index (χ2n) is 7.63. The average molecular weight is 388 g/mol. The van der Waals surface area contributed by atoms with Gasteiger partial charge in [0.05, 0.1) is 16.7 Å². The van der Waals surface area contributed by atoms with Crippen LogP contribution >= 0.6 is 0 Å². The quantitative estimate of drug-likeness (QED) is 0.527. The lowest BCUT2D eigenvalue weighted by molar-refractivity contribution is -0.384. The molecule has 1 aliphatic heterocycles. The zero-order valence-corrected chi connectivity index (χ0v) is 15.7. The summed E-state index contributed by atoms with van der Waals surface area (Å²) < 4.78 is 0. The third-order valence-corrected chi connectivity index (χ3v) is 5.97. The maximum absolute atomic E-state index is 13.4. The molecule has 1 aliphatic carbocycles. The van der Waals surface area contributed by atoms with Crippen LogP contribution in [0.1, 0.15) is 53.3 Å². The Bertz CT molecular complexity index is 1090. The van der Waals surface area contributed by atoms with Crippen molar-refractivity contribution >= 4 is 11.6 Å². The lowest BCUT2D eigenvalue weighted by Gasteiger charge is -2.31. The molecule has 1 saturated carbocycles. The number of aromatic amines is 1. The topological polar surface area (TPSA) is 92.1 Å². The first kappa shape index (κ1) is 17.6. The molecule has 1 aromatic heterocycles. The second kappa shape index (κ2) is 6.84. The normalized spacial score (nSPS) is 19.0. The number of carbonyl (C=O) groups excluding carboxylic acids is 1. The largest absolute Gasteiger partial charge is 0.323 e. The molecule has 1 N–H and O–H groups in total. The van der Waals surface area contributed by atoms with Gasteiger partial charge in [-0.25, -0.2) is 0 Å². The van der Waals surface area contributed by atoms with Crippen LogP contribution in [-0.2, 0) is 0 Å². The third kappa shape index (κ3) is 2.81. The van der Waals surface area contributed by atoms with E-state index < -0.39 is 4.92 Å². The van der Waals surface area contributed by atoms with Gasteiger partial charge in [-0.3, -0.25) is 20.0 Å². The molecule has 1 unspecified atom stereocenters. The molecule has 1 atom stereocenters. The Balaban J connectivity index is 1.70. The molecule has 7 heteroatoms. The van der Waals surface area contributed by atoms with Crippen molar-refractivity contribution in [3.8, 4) is 11.3 Å². The van der Waals surface area contributed by atoms with E-state index in [1.165, 1.54) is 6.07 Å². The number of aromatic nitrogens is 2. The van der Waals surface area contributed by atoms with Crippen LogP contribution in [0.5, 0.6) is 0 Å². The molecular weight excluding hydrogens is 368 g/mol. The van der Waals surface area contributed by atoms with Gasteiger partial charge in [0.15, 0.2) is 0 Å². The number of hydrogen-bond donors (Lipinski definition) is 1. The molecule has 7 nitrogen and oxygen atoms in total. The molecule has 5 rings (SSSR count). The lowest BCUT2D eigenvalue weighted by Crippen LogP contribution is -2.37. The Labute approximate surface area is 167 Å². The predicted molar refractivity (Wildman–Crippen MR) is 107 cm³/mol. The minimum absolute atomic E-state index is 0.0273. The van der Waals surface area contributed by atoms with Gasteiger partial charge in [0.1, 0.15) is 5.69 Å². The van der Waals surface area contributed by atoms with Crippen molar-refractivity contribution in [3.05, 3.63) is 81.5 Å². The van der Waals surface area contributed by atoms with E-state index in [1.807, 2.05) is 41.3 Å². The molecule has 2 heterocycles. The van der Waals surface area contributed by atoms with Crippen LogP contribution in [0.3, 0.4) is 0 Å². The predicted octanol–water partition coefficient (Wildman–Crippen LogP) is 4.47. The molecule has 29 heavy (non-hydrogen) atoms. The summed E-state index contributed by atoms with van der Waals surface area (Å²) in [7, 11) is 0. The molecule has 0 bridgehead atoms. The number of nitrogens with zero attached hydrogens (tertiary/aromatic N) is 3.